The fraction of sp³-hybridized carbons (Fsp3) is 0.846. The van der Waals surface area contributed by atoms with Crippen LogP contribution in [0.2, 0.25) is 0 Å². The second kappa shape index (κ2) is 7.33. The average Bonchev–Trinajstić information content (AvgIpc) is 2.41. The van der Waals surface area contributed by atoms with Crippen LogP contribution in [-0.2, 0) is 4.79 Å². The maximum atomic E-state index is 12.2. The molecular formula is C13H25N3O3. The van der Waals surface area contributed by atoms with Crippen molar-refractivity contribution in [3.8, 4) is 0 Å². The summed E-state index contributed by atoms with van der Waals surface area (Å²) >= 11 is 0. The summed E-state index contributed by atoms with van der Waals surface area (Å²) in [5.74, 6) is -0.772. The van der Waals surface area contributed by atoms with Crippen molar-refractivity contribution in [1.82, 2.24) is 14.7 Å². The zero-order valence-corrected chi connectivity index (χ0v) is 12.1. The van der Waals surface area contributed by atoms with E-state index >= 15 is 0 Å². The van der Waals surface area contributed by atoms with E-state index in [0.29, 0.717) is 45.7 Å². The smallest absolute Gasteiger partial charge is 0.320 e. The Kier molecular flexibility index (Phi) is 6.08. The Hall–Kier alpha value is -1.30. The molecule has 1 saturated heterocycles. The van der Waals surface area contributed by atoms with E-state index in [4.69, 9.17) is 5.11 Å². The van der Waals surface area contributed by atoms with Crippen molar-refractivity contribution in [2.75, 3.05) is 39.3 Å². The van der Waals surface area contributed by atoms with Crippen LogP contribution < -0.4 is 0 Å². The van der Waals surface area contributed by atoms with E-state index in [1.165, 1.54) is 0 Å². The molecule has 1 rings (SSSR count). The third-order valence-electron chi connectivity index (χ3n) is 3.73. The summed E-state index contributed by atoms with van der Waals surface area (Å²) in [7, 11) is 0. The van der Waals surface area contributed by atoms with Crippen LogP contribution in [0.4, 0.5) is 4.79 Å². The molecule has 110 valence electrons. The Morgan fingerprint density at radius 2 is 1.63 bits per heavy atom. The van der Waals surface area contributed by atoms with Crippen LogP contribution in [0.1, 0.15) is 27.2 Å². The molecular weight excluding hydrogens is 246 g/mol. The molecule has 19 heavy (non-hydrogen) atoms. The molecule has 1 aliphatic rings. The van der Waals surface area contributed by atoms with Gasteiger partial charge in [-0.05, 0) is 20.3 Å². The number of aliphatic carboxylic acids is 1. The molecule has 0 saturated carbocycles. The molecule has 0 aromatic rings. The van der Waals surface area contributed by atoms with Gasteiger partial charge in [0.15, 0.2) is 0 Å². The first-order valence-corrected chi connectivity index (χ1v) is 7.05. The van der Waals surface area contributed by atoms with Crippen molar-refractivity contribution in [1.29, 1.82) is 0 Å². The summed E-state index contributed by atoms with van der Waals surface area (Å²) in [6.07, 6.45) is 0.597. The average molecular weight is 271 g/mol. The van der Waals surface area contributed by atoms with E-state index < -0.39 is 12.0 Å². The third-order valence-corrected chi connectivity index (χ3v) is 3.73. The van der Waals surface area contributed by atoms with Crippen LogP contribution in [0.5, 0.6) is 0 Å². The van der Waals surface area contributed by atoms with Gasteiger partial charge in [-0.2, -0.15) is 0 Å². The minimum atomic E-state index is -0.772. The SMILES string of the molecule is CCC(C(=O)O)N1CCN(C(=O)N(CC)CC)CC1. The highest BCUT2D eigenvalue weighted by Crippen LogP contribution is 2.11. The lowest BCUT2D eigenvalue weighted by molar-refractivity contribution is -0.144. The topological polar surface area (TPSA) is 64.1 Å². The number of urea groups is 1. The molecule has 1 heterocycles. The molecule has 1 fully saturated rings. The predicted octanol–water partition coefficient (Wildman–Crippen LogP) is 0.929. The molecule has 0 aromatic carbocycles. The number of amides is 2. The van der Waals surface area contributed by atoms with Gasteiger partial charge in [0.05, 0.1) is 0 Å². The molecule has 1 N–H and O–H groups in total. The molecule has 0 aliphatic carbocycles. The van der Waals surface area contributed by atoms with Gasteiger partial charge >= 0.3 is 12.0 Å². The van der Waals surface area contributed by atoms with Crippen LogP contribution in [-0.4, -0.2) is 77.1 Å². The molecule has 0 spiro atoms. The fourth-order valence-corrected chi connectivity index (χ4v) is 2.51. The summed E-state index contributed by atoms with van der Waals surface area (Å²) in [6, 6.07) is -0.362. The molecule has 1 unspecified atom stereocenters. The molecule has 6 heteroatoms. The number of carboxylic acid groups (broad SMARTS) is 1. The van der Waals surface area contributed by atoms with Crippen LogP contribution in [0, 0.1) is 0 Å². The molecule has 1 atom stereocenters. The number of carboxylic acids is 1. The first-order valence-electron chi connectivity index (χ1n) is 7.05. The monoisotopic (exact) mass is 271 g/mol. The zero-order valence-electron chi connectivity index (χ0n) is 12.1. The second-order valence-corrected chi connectivity index (χ2v) is 4.74. The van der Waals surface area contributed by atoms with E-state index in [9.17, 15) is 9.59 Å². The van der Waals surface area contributed by atoms with Gasteiger partial charge in [-0.15, -0.1) is 0 Å². The highest BCUT2D eigenvalue weighted by Gasteiger charge is 2.29. The largest absolute Gasteiger partial charge is 0.480 e. The quantitative estimate of drug-likeness (QED) is 0.808. The minimum absolute atomic E-state index is 0.0630. The van der Waals surface area contributed by atoms with Crippen molar-refractivity contribution < 1.29 is 14.7 Å². The minimum Gasteiger partial charge on any atom is -0.480 e. The number of carbonyl (C=O) groups excluding carboxylic acids is 1. The molecule has 6 nitrogen and oxygen atoms in total. The fourth-order valence-electron chi connectivity index (χ4n) is 2.51. The van der Waals surface area contributed by atoms with Crippen LogP contribution in [0.25, 0.3) is 0 Å². The number of piperazine rings is 1. The number of rotatable bonds is 5. The van der Waals surface area contributed by atoms with Crippen molar-refractivity contribution in [2.45, 2.75) is 33.2 Å². The van der Waals surface area contributed by atoms with Crippen LogP contribution >= 0.6 is 0 Å². The molecule has 1 aliphatic heterocycles. The third kappa shape index (κ3) is 3.83. The van der Waals surface area contributed by atoms with E-state index in [-0.39, 0.29) is 6.03 Å². The summed E-state index contributed by atoms with van der Waals surface area (Å²) < 4.78 is 0. The number of hydrogen-bond acceptors (Lipinski definition) is 3. The van der Waals surface area contributed by atoms with Gasteiger partial charge in [0.1, 0.15) is 6.04 Å². The highest BCUT2D eigenvalue weighted by molar-refractivity contribution is 5.75. The maximum absolute atomic E-state index is 12.2. The van der Waals surface area contributed by atoms with Crippen LogP contribution in [0.3, 0.4) is 0 Å². The molecule has 0 aromatic heterocycles. The molecule has 2 amide bonds. The second-order valence-electron chi connectivity index (χ2n) is 4.74. The van der Waals surface area contributed by atoms with Gasteiger partial charge in [-0.1, -0.05) is 6.92 Å². The standard InChI is InChI=1S/C13H25N3O3/c1-4-11(12(17)18)15-7-9-16(10-8-15)13(19)14(5-2)6-3/h11H,4-10H2,1-3H3,(H,17,18). The Morgan fingerprint density at radius 3 is 2.00 bits per heavy atom. The summed E-state index contributed by atoms with van der Waals surface area (Å²) in [4.78, 5) is 28.8. The van der Waals surface area contributed by atoms with Gasteiger partial charge in [-0.3, -0.25) is 9.69 Å². The lowest BCUT2D eigenvalue weighted by atomic mass is 10.1. The van der Waals surface area contributed by atoms with E-state index in [2.05, 4.69) is 0 Å². The van der Waals surface area contributed by atoms with Crippen molar-refractivity contribution in [3.05, 3.63) is 0 Å². The van der Waals surface area contributed by atoms with Gasteiger partial charge in [0.2, 0.25) is 0 Å². The van der Waals surface area contributed by atoms with Gasteiger partial charge in [0, 0.05) is 39.3 Å². The summed E-state index contributed by atoms with van der Waals surface area (Å²) in [5, 5.41) is 9.13. The van der Waals surface area contributed by atoms with E-state index in [1.807, 2.05) is 30.6 Å². The van der Waals surface area contributed by atoms with Gasteiger partial charge < -0.3 is 14.9 Å². The lowest BCUT2D eigenvalue weighted by Gasteiger charge is -2.39. The molecule has 0 bridgehead atoms. The molecule has 0 radical (unpaired) electrons. The lowest BCUT2D eigenvalue weighted by Crippen LogP contribution is -2.56. The van der Waals surface area contributed by atoms with E-state index in [1.54, 1.807) is 4.90 Å². The van der Waals surface area contributed by atoms with Crippen molar-refractivity contribution in [2.24, 2.45) is 0 Å². The normalized spacial score (nSPS) is 18.2. The maximum Gasteiger partial charge on any atom is 0.320 e. The number of carbonyl (C=O) groups is 2. The summed E-state index contributed by atoms with van der Waals surface area (Å²) in [5.41, 5.74) is 0. The Labute approximate surface area is 115 Å². The predicted molar refractivity (Wildman–Crippen MR) is 73.2 cm³/mol. The van der Waals surface area contributed by atoms with Crippen molar-refractivity contribution >= 4 is 12.0 Å². The zero-order chi connectivity index (χ0) is 14.4. The first-order chi connectivity index (χ1) is 9.04. The highest BCUT2D eigenvalue weighted by atomic mass is 16.4. The Balaban J connectivity index is 2.53. The van der Waals surface area contributed by atoms with Gasteiger partial charge in [0.25, 0.3) is 0 Å². The van der Waals surface area contributed by atoms with Crippen molar-refractivity contribution in [3.63, 3.8) is 0 Å². The number of nitrogens with zero attached hydrogens (tertiary/aromatic N) is 3. The summed E-state index contributed by atoms with van der Waals surface area (Å²) in [6.45, 7) is 9.73. The Bertz CT molecular complexity index is 310. The Morgan fingerprint density at radius 1 is 1.11 bits per heavy atom. The van der Waals surface area contributed by atoms with E-state index in [0.717, 1.165) is 0 Å². The number of hydrogen-bond donors (Lipinski definition) is 1. The van der Waals surface area contributed by atoms with Crippen LogP contribution in [0.15, 0.2) is 0 Å². The van der Waals surface area contributed by atoms with Gasteiger partial charge in [-0.25, -0.2) is 4.79 Å². The first kappa shape index (κ1) is 15.8.